The van der Waals surface area contributed by atoms with Gasteiger partial charge in [-0.1, -0.05) is 24.3 Å². The van der Waals surface area contributed by atoms with Gasteiger partial charge in [0, 0.05) is 19.3 Å². The molecule has 1 aliphatic rings. The summed E-state index contributed by atoms with van der Waals surface area (Å²) in [6.45, 7) is 0. The van der Waals surface area contributed by atoms with E-state index in [4.69, 9.17) is 0 Å². The minimum absolute atomic E-state index is 0.106. The van der Waals surface area contributed by atoms with Crippen LogP contribution in [0.5, 0.6) is 0 Å². The molecule has 0 radical (unpaired) electrons. The van der Waals surface area contributed by atoms with Gasteiger partial charge in [0.25, 0.3) is 0 Å². The number of pyridine rings is 1. The standard InChI is InChI=1S/C15H16N2O3S/c1-17(14-8-6-11-4-2-3-5-13(11)14)21(19,20)12-7-9-15(18)16-10-12/h2-5,7,9-10,14H,6,8H2,1H3,(H,16,18). The lowest BCUT2D eigenvalue weighted by Crippen LogP contribution is -2.30. The molecule has 1 aliphatic carbocycles. The zero-order valence-corrected chi connectivity index (χ0v) is 12.4. The van der Waals surface area contributed by atoms with Crippen molar-refractivity contribution in [3.8, 4) is 0 Å². The van der Waals surface area contributed by atoms with E-state index in [0.717, 1.165) is 18.4 Å². The summed E-state index contributed by atoms with van der Waals surface area (Å²) in [6.07, 6.45) is 2.90. The summed E-state index contributed by atoms with van der Waals surface area (Å²) in [5.74, 6) is 0. The number of nitrogens with zero attached hydrogens (tertiary/aromatic N) is 1. The summed E-state index contributed by atoms with van der Waals surface area (Å²) in [5, 5.41) is 0. The summed E-state index contributed by atoms with van der Waals surface area (Å²) in [5.41, 5.74) is 1.95. The zero-order valence-electron chi connectivity index (χ0n) is 11.6. The largest absolute Gasteiger partial charge is 0.328 e. The molecule has 1 unspecified atom stereocenters. The number of benzene rings is 1. The third kappa shape index (κ3) is 2.41. The predicted molar refractivity (Wildman–Crippen MR) is 79.5 cm³/mol. The fourth-order valence-corrected chi connectivity index (χ4v) is 4.14. The molecule has 110 valence electrons. The Labute approximate surface area is 123 Å². The van der Waals surface area contributed by atoms with Crippen LogP contribution in [-0.2, 0) is 16.4 Å². The maximum absolute atomic E-state index is 12.6. The van der Waals surface area contributed by atoms with Crippen molar-refractivity contribution in [2.45, 2.75) is 23.8 Å². The molecule has 6 heteroatoms. The van der Waals surface area contributed by atoms with Gasteiger partial charge in [0.2, 0.25) is 15.6 Å². The number of aromatic amines is 1. The van der Waals surface area contributed by atoms with E-state index in [1.165, 1.54) is 28.2 Å². The highest BCUT2D eigenvalue weighted by molar-refractivity contribution is 7.89. The topological polar surface area (TPSA) is 70.2 Å². The molecule has 21 heavy (non-hydrogen) atoms. The number of nitrogens with one attached hydrogen (secondary N) is 1. The van der Waals surface area contributed by atoms with E-state index < -0.39 is 10.0 Å². The van der Waals surface area contributed by atoms with Crippen molar-refractivity contribution < 1.29 is 8.42 Å². The molecule has 1 aromatic heterocycles. The van der Waals surface area contributed by atoms with Gasteiger partial charge in [-0.2, -0.15) is 4.31 Å². The Hall–Kier alpha value is -1.92. The molecule has 0 fully saturated rings. The average Bonchev–Trinajstić information content (AvgIpc) is 2.90. The van der Waals surface area contributed by atoms with Crippen LogP contribution in [0.2, 0.25) is 0 Å². The third-order valence-electron chi connectivity index (χ3n) is 3.97. The van der Waals surface area contributed by atoms with Gasteiger partial charge in [-0.25, -0.2) is 8.42 Å². The first kappa shape index (κ1) is 14.0. The van der Waals surface area contributed by atoms with Crippen molar-refractivity contribution >= 4 is 10.0 Å². The van der Waals surface area contributed by atoms with E-state index in [1.807, 2.05) is 24.3 Å². The number of fused-ring (bicyclic) bond motifs is 1. The normalized spacial score (nSPS) is 17.9. The number of aryl methyl sites for hydroxylation is 1. The first-order valence-electron chi connectivity index (χ1n) is 6.75. The van der Waals surface area contributed by atoms with Crippen LogP contribution < -0.4 is 5.56 Å². The van der Waals surface area contributed by atoms with Crippen LogP contribution in [0.15, 0.2) is 52.3 Å². The van der Waals surface area contributed by atoms with Crippen molar-refractivity contribution in [3.63, 3.8) is 0 Å². The fraction of sp³-hybridized carbons (Fsp3) is 0.267. The molecule has 1 N–H and O–H groups in total. The Bertz CT molecular complexity index is 806. The van der Waals surface area contributed by atoms with Crippen molar-refractivity contribution in [2.24, 2.45) is 0 Å². The smallest absolute Gasteiger partial charge is 0.247 e. The van der Waals surface area contributed by atoms with Crippen LogP contribution in [0.3, 0.4) is 0 Å². The molecule has 0 aliphatic heterocycles. The maximum Gasteiger partial charge on any atom is 0.247 e. The first-order valence-corrected chi connectivity index (χ1v) is 8.19. The van der Waals surface area contributed by atoms with Crippen molar-refractivity contribution in [3.05, 3.63) is 64.1 Å². The number of hydrogen-bond donors (Lipinski definition) is 1. The summed E-state index contributed by atoms with van der Waals surface area (Å²) in [6, 6.07) is 10.3. The first-order chi connectivity index (χ1) is 10.00. The Morgan fingerprint density at radius 2 is 1.95 bits per heavy atom. The fourth-order valence-electron chi connectivity index (χ4n) is 2.80. The summed E-state index contributed by atoms with van der Waals surface area (Å²) >= 11 is 0. The van der Waals surface area contributed by atoms with E-state index >= 15 is 0 Å². The van der Waals surface area contributed by atoms with E-state index in [1.54, 1.807) is 7.05 Å². The number of hydrogen-bond acceptors (Lipinski definition) is 3. The molecule has 0 spiro atoms. The Morgan fingerprint density at radius 3 is 2.67 bits per heavy atom. The second kappa shape index (κ2) is 5.13. The number of aromatic nitrogens is 1. The van der Waals surface area contributed by atoms with Gasteiger partial charge in [-0.15, -0.1) is 0 Å². The lowest BCUT2D eigenvalue weighted by Gasteiger charge is -2.24. The minimum atomic E-state index is -3.62. The van der Waals surface area contributed by atoms with Crippen LogP contribution in [0.1, 0.15) is 23.6 Å². The van der Waals surface area contributed by atoms with Gasteiger partial charge >= 0.3 is 0 Å². The van der Waals surface area contributed by atoms with Crippen molar-refractivity contribution in [1.82, 2.24) is 9.29 Å². The highest BCUT2D eigenvalue weighted by Gasteiger charge is 2.33. The number of rotatable bonds is 3. The SMILES string of the molecule is CN(C1CCc2ccccc21)S(=O)(=O)c1ccc(=O)[nH]c1. The van der Waals surface area contributed by atoms with Crippen LogP contribution in [0, 0.1) is 0 Å². The van der Waals surface area contributed by atoms with Crippen molar-refractivity contribution in [1.29, 1.82) is 0 Å². The third-order valence-corrected chi connectivity index (χ3v) is 5.84. The predicted octanol–water partition coefficient (Wildman–Crippen LogP) is 1.68. The monoisotopic (exact) mass is 304 g/mol. The molecule has 1 atom stereocenters. The van der Waals surface area contributed by atoms with Gasteiger partial charge in [0.15, 0.2) is 0 Å². The Balaban J connectivity index is 1.97. The molecule has 1 aromatic carbocycles. The second-order valence-electron chi connectivity index (χ2n) is 5.16. The van der Waals surface area contributed by atoms with Gasteiger partial charge < -0.3 is 4.98 Å². The molecule has 1 heterocycles. The lowest BCUT2D eigenvalue weighted by atomic mass is 10.1. The Kier molecular flexibility index (Phi) is 3.43. The molecule has 0 bridgehead atoms. The molecule has 0 saturated carbocycles. The molecular weight excluding hydrogens is 288 g/mol. The number of H-pyrrole nitrogens is 1. The van der Waals surface area contributed by atoms with Gasteiger partial charge in [0.05, 0.1) is 10.9 Å². The van der Waals surface area contributed by atoms with Crippen LogP contribution in [0.4, 0.5) is 0 Å². The molecule has 5 nitrogen and oxygen atoms in total. The van der Waals surface area contributed by atoms with E-state index in [-0.39, 0.29) is 16.5 Å². The molecule has 0 amide bonds. The van der Waals surface area contributed by atoms with Crippen LogP contribution in [0.25, 0.3) is 0 Å². The summed E-state index contributed by atoms with van der Waals surface area (Å²) in [4.78, 5) is 13.6. The molecule has 0 saturated heterocycles. The van der Waals surface area contributed by atoms with Gasteiger partial charge in [0.1, 0.15) is 0 Å². The molecule has 3 rings (SSSR count). The highest BCUT2D eigenvalue weighted by Crippen LogP contribution is 2.37. The van der Waals surface area contributed by atoms with Crippen molar-refractivity contribution in [2.75, 3.05) is 7.05 Å². The lowest BCUT2D eigenvalue weighted by molar-refractivity contribution is 0.374. The van der Waals surface area contributed by atoms with E-state index in [2.05, 4.69) is 4.98 Å². The maximum atomic E-state index is 12.6. The Morgan fingerprint density at radius 1 is 1.19 bits per heavy atom. The zero-order chi connectivity index (χ0) is 15.0. The van der Waals surface area contributed by atoms with Crippen LogP contribution in [-0.4, -0.2) is 24.8 Å². The van der Waals surface area contributed by atoms with Gasteiger partial charge in [-0.05, 0) is 30.0 Å². The minimum Gasteiger partial charge on any atom is -0.328 e. The average molecular weight is 304 g/mol. The highest BCUT2D eigenvalue weighted by atomic mass is 32.2. The molecular formula is C15H16N2O3S. The summed E-state index contributed by atoms with van der Waals surface area (Å²) < 4.78 is 26.7. The van der Waals surface area contributed by atoms with Crippen LogP contribution >= 0.6 is 0 Å². The quantitative estimate of drug-likeness (QED) is 0.938. The number of sulfonamides is 1. The molecule has 2 aromatic rings. The second-order valence-corrected chi connectivity index (χ2v) is 7.16. The van der Waals surface area contributed by atoms with Gasteiger partial charge in [-0.3, -0.25) is 4.79 Å². The van der Waals surface area contributed by atoms with E-state index in [0.29, 0.717) is 0 Å². The van der Waals surface area contributed by atoms with E-state index in [9.17, 15) is 13.2 Å². The summed E-state index contributed by atoms with van der Waals surface area (Å²) in [7, 11) is -2.03.